The van der Waals surface area contributed by atoms with Crippen LogP contribution in [0.5, 0.6) is 0 Å². The van der Waals surface area contributed by atoms with Gasteiger partial charge in [-0.3, -0.25) is 10.3 Å². The van der Waals surface area contributed by atoms with Gasteiger partial charge in [-0.05, 0) is 25.7 Å². The molecular formula is C15H31N4O+. The van der Waals surface area contributed by atoms with Gasteiger partial charge in [-0.15, -0.1) is 0 Å². The maximum absolute atomic E-state index is 5.72. The second-order valence-electron chi connectivity index (χ2n) is 6.61. The van der Waals surface area contributed by atoms with Gasteiger partial charge in [0.25, 0.3) is 0 Å². The average molecular weight is 283 g/mol. The summed E-state index contributed by atoms with van der Waals surface area (Å²) < 4.78 is 5.72. The van der Waals surface area contributed by atoms with Crippen molar-refractivity contribution in [3.63, 3.8) is 0 Å². The first kappa shape index (κ1) is 14.7. The number of rotatable bonds is 3. The number of hydrogen-bond donors (Lipinski definition) is 3. The molecule has 3 aliphatic rings. The van der Waals surface area contributed by atoms with Crippen molar-refractivity contribution in [3.8, 4) is 0 Å². The third kappa shape index (κ3) is 3.34. The summed E-state index contributed by atoms with van der Waals surface area (Å²) in [6.45, 7) is 4.92. The number of methoxy groups -OCH3 is 1. The second kappa shape index (κ2) is 7.18. The smallest absolute Gasteiger partial charge is 0.0885 e. The summed E-state index contributed by atoms with van der Waals surface area (Å²) in [5, 5.41) is 2.42. The second-order valence-corrected chi connectivity index (χ2v) is 6.61. The summed E-state index contributed by atoms with van der Waals surface area (Å²) in [5.41, 5.74) is 7.21. The third-order valence-electron chi connectivity index (χ3n) is 5.44. The Balaban J connectivity index is 1.49. The van der Waals surface area contributed by atoms with Crippen molar-refractivity contribution in [2.75, 3.05) is 33.3 Å². The van der Waals surface area contributed by atoms with E-state index in [2.05, 4.69) is 21.1 Å². The minimum Gasteiger partial charge on any atom is -0.381 e. The van der Waals surface area contributed by atoms with Crippen LogP contribution >= 0.6 is 0 Å². The number of piperazine rings is 1. The predicted octanol–water partition coefficient (Wildman–Crippen LogP) is -0.347. The number of nitrogens with one attached hydrogen (secondary N) is 2. The molecule has 3 fully saturated rings. The van der Waals surface area contributed by atoms with E-state index in [4.69, 9.17) is 4.74 Å². The molecule has 5 nitrogen and oxygen atoms in total. The van der Waals surface area contributed by atoms with Crippen LogP contribution in [0, 0.1) is 5.92 Å². The van der Waals surface area contributed by atoms with Gasteiger partial charge in [0, 0.05) is 32.2 Å². The largest absolute Gasteiger partial charge is 0.381 e. The van der Waals surface area contributed by atoms with Crippen LogP contribution < -0.4 is 16.2 Å². The lowest BCUT2D eigenvalue weighted by Gasteiger charge is -2.43. The van der Waals surface area contributed by atoms with E-state index in [0.29, 0.717) is 24.2 Å². The van der Waals surface area contributed by atoms with Gasteiger partial charge in [0.05, 0.1) is 25.4 Å². The normalized spacial score (nSPS) is 40.6. The van der Waals surface area contributed by atoms with E-state index < -0.39 is 0 Å². The van der Waals surface area contributed by atoms with Gasteiger partial charge in [-0.25, -0.2) is 5.43 Å². The number of hydrogen-bond acceptors (Lipinski definition) is 4. The molecule has 4 N–H and O–H groups in total. The van der Waals surface area contributed by atoms with E-state index in [-0.39, 0.29) is 0 Å². The van der Waals surface area contributed by atoms with Gasteiger partial charge in [0.15, 0.2) is 0 Å². The van der Waals surface area contributed by atoms with Crippen molar-refractivity contribution in [1.29, 1.82) is 0 Å². The van der Waals surface area contributed by atoms with Gasteiger partial charge < -0.3 is 10.1 Å². The number of quaternary nitrogens is 1. The summed E-state index contributed by atoms with van der Waals surface area (Å²) in [4.78, 5) is 2.60. The zero-order chi connectivity index (χ0) is 13.8. The van der Waals surface area contributed by atoms with Gasteiger partial charge in [0.1, 0.15) is 0 Å². The van der Waals surface area contributed by atoms with Crippen molar-refractivity contribution in [2.24, 2.45) is 5.92 Å². The van der Waals surface area contributed by atoms with Crippen molar-refractivity contribution in [1.82, 2.24) is 15.8 Å². The Morgan fingerprint density at radius 1 is 1.00 bits per heavy atom. The number of nitrogens with zero attached hydrogens (tertiary/aromatic N) is 1. The molecule has 1 aliphatic carbocycles. The van der Waals surface area contributed by atoms with Crippen LogP contribution in [-0.4, -0.2) is 56.5 Å². The molecule has 3 rings (SSSR count). The fraction of sp³-hybridized carbons (Fsp3) is 1.00. The van der Waals surface area contributed by atoms with Crippen LogP contribution in [0.15, 0.2) is 0 Å². The number of hydrazine groups is 1. The molecule has 0 aromatic rings. The van der Waals surface area contributed by atoms with Gasteiger partial charge in [-0.2, -0.15) is 0 Å². The number of nitrogens with two attached hydrogens (primary N) is 1. The Labute approximate surface area is 122 Å². The Bertz CT molecular complexity index is 288. The van der Waals surface area contributed by atoms with Crippen molar-refractivity contribution in [2.45, 2.75) is 56.8 Å². The van der Waals surface area contributed by atoms with Crippen LogP contribution in [0.4, 0.5) is 0 Å². The molecule has 1 saturated carbocycles. The van der Waals surface area contributed by atoms with Crippen LogP contribution in [0.1, 0.15) is 38.5 Å². The standard InChI is InChI=1S/C15H30N4O/c1-20-14-5-3-2-4-12(14)13-6-7-15(18-17-13)19-10-8-16-9-11-19/h12-18H,2-11H2,1H3/p+1. The summed E-state index contributed by atoms with van der Waals surface area (Å²) in [6, 6.07) is 0.591. The summed E-state index contributed by atoms with van der Waals surface area (Å²) in [6.07, 6.45) is 8.81. The third-order valence-corrected chi connectivity index (χ3v) is 5.44. The van der Waals surface area contributed by atoms with Crippen LogP contribution in [0.2, 0.25) is 0 Å². The molecule has 4 unspecified atom stereocenters. The molecular weight excluding hydrogens is 252 g/mol. The molecule has 0 spiro atoms. The maximum atomic E-state index is 5.72. The lowest BCUT2D eigenvalue weighted by Crippen LogP contribution is -2.90. The summed E-state index contributed by atoms with van der Waals surface area (Å²) in [7, 11) is 1.88. The zero-order valence-electron chi connectivity index (χ0n) is 12.8. The predicted molar refractivity (Wildman–Crippen MR) is 79.1 cm³/mol. The molecule has 2 heterocycles. The monoisotopic (exact) mass is 283 g/mol. The van der Waals surface area contributed by atoms with Gasteiger partial charge >= 0.3 is 0 Å². The molecule has 5 heteroatoms. The zero-order valence-corrected chi connectivity index (χ0v) is 12.8. The Hall–Kier alpha value is -0.200. The van der Waals surface area contributed by atoms with Crippen LogP contribution in [0.25, 0.3) is 0 Å². The molecule has 0 bridgehead atoms. The summed E-state index contributed by atoms with van der Waals surface area (Å²) in [5.74, 6) is 0.692. The minimum absolute atomic E-state index is 0.462. The molecule has 2 saturated heterocycles. The fourth-order valence-corrected chi connectivity index (χ4v) is 4.24. The Morgan fingerprint density at radius 2 is 1.80 bits per heavy atom. The lowest BCUT2D eigenvalue weighted by molar-refractivity contribution is -0.663. The number of ether oxygens (including phenoxy) is 1. The summed E-state index contributed by atoms with van der Waals surface area (Å²) >= 11 is 0. The molecule has 0 aromatic carbocycles. The molecule has 2 aliphatic heterocycles. The van der Waals surface area contributed by atoms with Gasteiger partial charge in [0.2, 0.25) is 0 Å². The highest BCUT2D eigenvalue weighted by molar-refractivity contribution is 4.89. The topological polar surface area (TPSA) is 53.1 Å². The van der Waals surface area contributed by atoms with E-state index in [1.54, 1.807) is 0 Å². The molecule has 116 valence electrons. The van der Waals surface area contributed by atoms with Crippen molar-refractivity contribution in [3.05, 3.63) is 0 Å². The lowest BCUT2D eigenvalue weighted by atomic mass is 9.79. The highest BCUT2D eigenvalue weighted by atomic mass is 16.5. The molecule has 20 heavy (non-hydrogen) atoms. The van der Waals surface area contributed by atoms with Gasteiger partial charge in [-0.1, -0.05) is 12.8 Å². The van der Waals surface area contributed by atoms with E-state index in [9.17, 15) is 0 Å². The minimum atomic E-state index is 0.462. The molecule has 0 amide bonds. The molecule has 0 radical (unpaired) electrons. The highest BCUT2D eigenvalue weighted by Gasteiger charge is 2.35. The van der Waals surface area contributed by atoms with Crippen molar-refractivity contribution < 1.29 is 10.1 Å². The molecule has 4 atom stereocenters. The van der Waals surface area contributed by atoms with Crippen molar-refractivity contribution >= 4 is 0 Å². The van der Waals surface area contributed by atoms with E-state index in [0.717, 1.165) is 0 Å². The Morgan fingerprint density at radius 3 is 2.50 bits per heavy atom. The van der Waals surface area contributed by atoms with E-state index >= 15 is 0 Å². The first-order valence-corrected chi connectivity index (χ1v) is 8.48. The van der Waals surface area contributed by atoms with E-state index in [1.807, 2.05) is 7.11 Å². The first-order chi connectivity index (χ1) is 9.88. The quantitative estimate of drug-likeness (QED) is 0.663. The average Bonchev–Trinajstić information content (AvgIpc) is 2.56. The SMILES string of the molecule is COC1CCCCC1C1CCC(N2CC[NH2+]CC2)NN1. The first-order valence-electron chi connectivity index (χ1n) is 8.48. The van der Waals surface area contributed by atoms with Crippen LogP contribution in [0.3, 0.4) is 0 Å². The van der Waals surface area contributed by atoms with E-state index in [1.165, 1.54) is 64.7 Å². The Kier molecular flexibility index (Phi) is 5.29. The maximum Gasteiger partial charge on any atom is 0.0885 e. The molecule has 0 aromatic heterocycles. The fourth-order valence-electron chi connectivity index (χ4n) is 4.24. The van der Waals surface area contributed by atoms with Crippen LogP contribution in [-0.2, 0) is 4.74 Å². The highest BCUT2D eigenvalue weighted by Crippen LogP contribution is 2.31.